The van der Waals surface area contributed by atoms with Crippen molar-refractivity contribution in [2.45, 2.75) is 25.2 Å². The van der Waals surface area contributed by atoms with Crippen LogP contribution in [0, 0.1) is 11.8 Å². The molecule has 3 aromatic heterocycles. The van der Waals surface area contributed by atoms with Crippen LogP contribution in [0.15, 0.2) is 83.3 Å². The van der Waals surface area contributed by atoms with E-state index >= 15 is 0 Å². The minimum absolute atomic E-state index is 0.00241. The highest BCUT2D eigenvalue weighted by Gasteiger charge is 2.77. The summed E-state index contributed by atoms with van der Waals surface area (Å²) in [5, 5.41) is 2.12. The fourth-order valence-corrected chi connectivity index (χ4v) is 16.6. The Morgan fingerprint density at radius 1 is 0.694 bits per heavy atom. The Bertz CT molecular complexity index is 1510. The third-order valence-corrected chi connectivity index (χ3v) is 18.0. The molecule has 0 radical (unpaired) electrons. The average molecular weight is 547 g/mol. The summed E-state index contributed by atoms with van der Waals surface area (Å²) in [5.41, 5.74) is 3.72. The van der Waals surface area contributed by atoms with Crippen molar-refractivity contribution < 1.29 is 9.59 Å². The molecular weight excluding hydrogens is 521 g/mol. The van der Waals surface area contributed by atoms with E-state index in [1.54, 1.807) is 11.3 Å². The van der Waals surface area contributed by atoms with Crippen LogP contribution in [-0.2, 0) is 9.59 Å². The molecule has 0 aliphatic carbocycles. The van der Waals surface area contributed by atoms with Crippen LogP contribution in [0.5, 0.6) is 0 Å². The number of allylic oxidation sites excluding steroid dienone is 2. The van der Waals surface area contributed by atoms with E-state index in [2.05, 4.69) is 62.3 Å². The van der Waals surface area contributed by atoms with Gasteiger partial charge in [-0.15, -0.1) is 22.7 Å². The predicted molar refractivity (Wildman–Crippen MR) is 155 cm³/mol. The largest absolute Gasteiger partial charge is 0.273 e. The van der Waals surface area contributed by atoms with Crippen molar-refractivity contribution >= 4 is 63.4 Å². The van der Waals surface area contributed by atoms with Crippen LogP contribution in [0.25, 0.3) is 19.5 Å². The van der Waals surface area contributed by atoms with Crippen LogP contribution in [-0.4, -0.2) is 29.8 Å². The molecule has 36 heavy (non-hydrogen) atoms. The Morgan fingerprint density at radius 2 is 1.28 bits per heavy atom. The molecule has 7 heteroatoms. The van der Waals surface area contributed by atoms with Gasteiger partial charge in [0, 0.05) is 19.5 Å². The Labute approximate surface area is 223 Å². The van der Waals surface area contributed by atoms with Gasteiger partial charge in [0.05, 0.1) is 31.5 Å². The summed E-state index contributed by atoms with van der Waals surface area (Å²) >= 11 is 5.50. The molecular formula is C29H25NO2PS3+. The minimum atomic E-state index is -1.78. The highest BCUT2D eigenvalue weighted by atomic mass is 32.1. The molecule has 7 rings (SSSR count). The molecule has 180 valence electrons. The third-order valence-electron chi connectivity index (χ3n) is 8.44. The molecule has 2 saturated heterocycles. The smallest absolute Gasteiger partial charge is 0.242 e. The lowest BCUT2D eigenvalue weighted by Gasteiger charge is -2.26. The number of amides is 2. The lowest BCUT2D eigenvalue weighted by molar-refractivity contribution is -0.122. The summed E-state index contributed by atoms with van der Waals surface area (Å²) in [5.74, 6) is -0.472. The molecule has 1 unspecified atom stereocenters. The van der Waals surface area contributed by atoms with Gasteiger partial charge in [0.15, 0.2) is 0 Å². The molecule has 3 aliphatic rings. The first-order valence-corrected chi connectivity index (χ1v) is 17.0. The lowest BCUT2D eigenvalue weighted by atomic mass is 9.78. The highest BCUT2D eigenvalue weighted by Crippen LogP contribution is 2.81. The number of hydrogen-bond acceptors (Lipinski definition) is 5. The van der Waals surface area contributed by atoms with E-state index in [4.69, 9.17) is 0 Å². The van der Waals surface area contributed by atoms with Gasteiger partial charge in [-0.3, -0.25) is 9.59 Å². The predicted octanol–water partition coefficient (Wildman–Crippen LogP) is 7.38. The first-order chi connectivity index (χ1) is 17.4. The lowest BCUT2D eigenvalue weighted by Crippen LogP contribution is -2.36. The van der Waals surface area contributed by atoms with E-state index in [1.165, 1.54) is 40.2 Å². The van der Waals surface area contributed by atoms with Crippen molar-refractivity contribution in [3.63, 3.8) is 0 Å². The van der Waals surface area contributed by atoms with Crippen molar-refractivity contribution in [1.29, 1.82) is 0 Å². The second-order valence-electron chi connectivity index (χ2n) is 10.1. The van der Waals surface area contributed by atoms with Crippen molar-refractivity contribution in [1.82, 2.24) is 0 Å². The van der Waals surface area contributed by atoms with Crippen LogP contribution in [0.1, 0.15) is 13.8 Å². The van der Waals surface area contributed by atoms with Gasteiger partial charge in [-0.25, -0.2) is 4.90 Å². The number of rotatable bonds is 4. The fourth-order valence-electron chi connectivity index (χ4n) is 6.87. The number of anilines is 1. The van der Waals surface area contributed by atoms with E-state index < -0.39 is 7.26 Å². The van der Waals surface area contributed by atoms with E-state index in [-0.39, 0.29) is 35.0 Å². The number of fused-ring (bicyclic) bond motifs is 5. The number of hydrogen-bond donors (Lipinski definition) is 0. The van der Waals surface area contributed by atoms with E-state index in [1.807, 2.05) is 53.0 Å². The summed E-state index contributed by atoms with van der Waals surface area (Å²) in [7, 11) is -1.78. The van der Waals surface area contributed by atoms with Crippen LogP contribution in [0.4, 0.5) is 5.69 Å². The zero-order chi connectivity index (χ0) is 24.8. The van der Waals surface area contributed by atoms with Crippen molar-refractivity contribution in [3.8, 4) is 19.5 Å². The van der Waals surface area contributed by atoms with Gasteiger partial charge in [0.1, 0.15) is 15.9 Å². The van der Waals surface area contributed by atoms with E-state index in [0.29, 0.717) is 5.69 Å². The number of imide groups is 1. The Kier molecular flexibility index (Phi) is 5.11. The first kappa shape index (κ1) is 22.8. The summed E-state index contributed by atoms with van der Waals surface area (Å²) in [6.45, 7) is 6.83. The second kappa shape index (κ2) is 8.06. The molecule has 3 nitrogen and oxygen atoms in total. The zero-order valence-corrected chi connectivity index (χ0v) is 23.5. The maximum Gasteiger partial charge on any atom is 0.242 e. The number of nitrogens with zero attached hydrogens (tertiary/aromatic N) is 1. The molecule has 5 atom stereocenters. The van der Waals surface area contributed by atoms with Crippen LogP contribution in [0.2, 0.25) is 0 Å². The van der Waals surface area contributed by atoms with Crippen molar-refractivity contribution in [2.75, 3.05) is 11.6 Å². The third kappa shape index (κ3) is 2.93. The average Bonchev–Trinajstić information content (AvgIpc) is 3.70. The molecule has 4 aromatic rings. The molecule has 2 amide bonds. The second-order valence-corrected chi connectivity index (χ2v) is 17.4. The number of carbonyl (C=O) groups is 2. The van der Waals surface area contributed by atoms with Gasteiger partial charge in [0.25, 0.3) is 0 Å². The number of benzene rings is 1. The van der Waals surface area contributed by atoms with Gasteiger partial charge in [-0.2, -0.15) is 0 Å². The maximum atomic E-state index is 13.8. The molecule has 0 spiro atoms. The topological polar surface area (TPSA) is 37.4 Å². The molecule has 3 aliphatic heterocycles. The molecule has 6 heterocycles. The molecule has 2 fully saturated rings. The van der Waals surface area contributed by atoms with Gasteiger partial charge >= 0.3 is 0 Å². The van der Waals surface area contributed by atoms with E-state index in [9.17, 15) is 9.59 Å². The Morgan fingerprint density at radius 3 is 1.89 bits per heavy atom. The summed E-state index contributed by atoms with van der Waals surface area (Å²) in [4.78, 5) is 34.3. The standard InChI is InChI=1S/C29H25NO2PS3/c1-16-17(2)27-25-24(28(31)30(29(25)32)18-8-5-4-6-9-18)26(16)33(27,3)23-14-13-22(36-23)21-12-11-20(35-21)19-10-7-15-34-19/h4-15,24-27H,1-3H3/q+1/t24-,25+,26-,27+,33?. The van der Waals surface area contributed by atoms with Crippen LogP contribution in [0.3, 0.4) is 0 Å². The number of para-hydroxylation sites is 1. The maximum absolute atomic E-state index is 13.8. The zero-order valence-electron chi connectivity index (χ0n) is 20.2. The SMILES string of the molecule is CC1=C(C)[C@H]2[C@H]3C(=O)N(c4ccccc4)C(=O)[C@H]3[C@@H]1[P+]2(C)c1ccc(-c2ccc(-c3cccs3)s2)s1. The van der Waals surface area contributed by atoms with Crippen LogP contribution >= 0.6 is 41.3 Å². The summed E-state index contributed by atoms with van der Waals surface area (Å²) in [6, 6.07) is 22.7. The fraction of sp³-hybridized carbons (Fsp3) is 0.241. The number of carbonyl (C=O) groups excluding carboxylic acids is 2. The first-order valence-electron chi connectivity index (χ1n) is 12.1. The monoisotopic (exact) mass is 546 g/mol. The summed E-state index contributed by atoms with van der Waals surface area (Å²) in [6.07, 6.45) is 0. The van der Waals surface area contributed by atoms with E-state index in [0.717, 1.165) is 0 Å². The Balaban J connectivity index is 1.27. The van der Waals surface area contributed by atoms with Gasteiger partial charge in [0.2, 0.25) is 11.8 Å². The van der Waals surface area contributed by atoms with Crippen molar-refractivity contribution in [2.24, 2.45) is 11.8 Å². The normalized spacial score (nSPS) is 29.0. The van der Waals surface area contributed by atoms with Gasteiger partial charge in [-0.1, -0.05) is 35.6 Å². The number of thiophene rings is 3. The summed E-state index contributed by atoms with van der Waals surface area (Å²) < 4.78 is 1.40. The minimum Gasteiger partial charge on any atom is -0.273 e. The molecule has 0 saturated carbocycles. The van der Waals surface area contributed by atoms with Gasteiger partial charge in [-0.05, 0) is 72.8 Å². The highest BCUT2D eigenvalue weighted by molar-refractivity contribution is 7.88. The quantitative estimate of drug-likeness (QED) is 0.152. The van der Waals surface area contributed by atoms with Crippen LogP contribution < -0.4 is 9.52 Å². The molecule has 0 N–H and O–H groups in total. The Hall–Kier alpha value is -2.37. The van der Waals surface area contributed by atoms with Crippen molar-refractivity contribution in [3.05, 3.63) is 83.3 Å². The molecule has 1 aromatic carbocycles. The van der Waals surface area contributed by atoms with Gasteiger partial charge < -0.3 is 0 Å². The molecule has 2 bridgehead atoms.